The number of fused-ring (bicyclic) bond motifs is 1. The summed E-state index contributed by atoms with van der Waals surface area (Å²) in [5.74, 6) is 0.350. The van der Waals surface area contributed by atoms with Gasteiger partial charge in [-0.25, -0.2) is 0 Å². The highest BCUT2D eigenvalue weighted by atomic mass is 16.3. The maximum atomic E-state index is 9.90. The van der Waals surface area contributed by atoms with Crippen LogP contribution in [-0.2, 0) is 0 Å². The van der Waals surface area contributed by atoms with Crippen molar-refractivity contribution in [3.8, 4) is 5.75 Å². The van der Waals surface area contributed by atoms with E-state index in [1.165, 1.54) is 19.3 Å². The summed E-state index contributed by atoms with van der Waals surface area (Å²) in [5.41, 5.74) is 1.12. The van der Waals surface area contributed by atoms with Gasteiger partial charge in [0.1, 0.15) is 5.75 Å². The molecule has 0 spiro atoms. The number of aromatic hydroxyl groups is 1. The van der Waals surface area contributed by atoms with E-state index in [2.05, 4.69) is 31.3 Å². The summed E-state index contributed by atoms with van der Waals surface area (Å²) in [5, 5.41) is 15.5. The molecule has 19 heavy (non-hydrogen) atoms. The van der Waals surface area contributed by atoms with Crippen LogP contribution < -0.4 is 5.32 Å². The lowest BCUT2D eigenvalue weighted by molar-refractivity contribution is 0.481. The van der Waals surface area contributed by atoms with Crippen molar-refractivity contribution in [1.29, 1.82) is 0 Å². The quantitative estimate of drug-likeness (QED) is 0.769. The molecule has 1 unspecified atom stereocenters. The summed E-state index contributed by atoms with van der Waals surface area (Å²) in [6.45, 7) is 4.44. The summed E-state index contributed by atoms with van der Waals surface area (Å²) >= 11 is 0. The van der Waals surface area contributed by atoms with E-state index < -0.39 is 0 Å². The normalized spacial score (nSPS) is 12.5. The van der Waals surface area contributed by atoms with Gasteiger partial charge in [0.05, 0.1) is 0 Å². The Morgan fingerprint density at radius 2 is 1.79 bits per heavy atom. The molecule has 0 aliphatic heterocycles. The predicted molar refractivity (Wildman–Crippen MR) is 82.8 cm³/mol. The van der Waals surface area contributed by atoms with Gasteiger partial charge in [-0.15, -0.1) is 0 Å². The van der Waals surface area contributed by atoms with Crippen LogP contribution in [0.4, 0.5) is 5.69 Å². The van der Waals surface area contributed by atoms with Crippen molar-refractivity contribution in [2.75, 3.05) is 5.32 Å². The average molecular weight is 257 g/mol. The van der Waals surface area contributed by atoms with E-state index in [9.17, 15) is 5.11 Å². The Balaban J connectivity index is 2.27. The predicted octanol–water partition coefficient (Wildman–Crippen LogP) is 4.93. The second-order valence-corrected chi connectivity index (χ2v) is 5.07. The Bertz CT molecular complexity index is 536. The van der Waals surface area contributed by atoms with Crippen LogP contribution in [0.25, 0.3) is 10.8 Å². The van der Waals surface area contributed by atoms with Gasteiger partial charge in [0, 0.05) is 22.5 Å². The smallest absolute Gasteiger partial charge is 0.123 e. The fraction of sp³-hybridized carbons (Fsp3) is 0.412. The Hall–Kier alpha value is -1.70. The molecule has 2 N–H and O–H groups in total. The molecule has 0 saturated carbocycles. The Morgan fingerprint density at radius 3 is 2.53 bits per heavy atom. The second-order valence-electron chi connectivity index (χ2n) is 5.07. The molecule has 0 aliphatic rings. The van der Waals surface area contributed by atoms with Crippen molar-refractivity contribution in [2.45, 2.75) is 45.6 Å². The van der Waals surface area contributed by atoms with Gasteiger partial charge in [-0.3, -0.25) is 0 Å². The van der Waals surface area contributed by atoms with E-state index in [4.69, 9.17) is 0 Å². The minimum absolute atomic E-state index is 0.350. The van der Waals surface area contributed by atoms with E-state index in [1.54, 1.807) is 6.07 Å². The first kappa shape index (κ1) is 13.7. The molecule has 0 aliphatic carbocycles. The van der Waals surface area contributed by atoms with Gasteiger partial charge in [0.25, 0.3) is 0 Å². The molecule has 0 fully saturated rings. The number of phenolic OH excluding ortho intramolecular Hbond substituents is 1. The third-order valence-corrected chi connectivity index (χ3v) is 3.66. The number of hydrogen-bond acceptors (Lipinski definition) is 2. The topological polar surface area (TPSA) is 32.3 Å². The van der Waals surface area contributed by atoms with E-state index in [-0.39, 0.29) is 0 Å². The largest absolute Gasteiger partial charge is 0.507 e. The zero-order valence-corrected chi connectivity index (χ0v) is 11.8. The van der Waals surface area contributed by atoms with Crippen LogP contribution in [0.1, 0.15) is 39.5 Å². The van der Waals surface area contributed by atoms with Gasteiger partial charge in [-0.2, -0.15) is 0 Å². The van der Waals surface area contributed by atoms with Crippen molar-refractivity contribution < 1.29 is 5.11 Å². The molecular formula is C17H23NO. The molecule has 2 rings (SSSR count). The van der Waals surface area contributed by atoms with Crippen molar-refractivity contribution in [1.82, 2.24) is 0 Å². The van der Waals surface area contributed by atoms with E-state index in [0.29, 0.717) is 11.8 Å². The first-order valence-electron chi connectivity index (χ1n) is 7.23. The lowest BCUT2D eigenvalue weighted by Gasteiger charge is -2.19. The number of rotatable bonds is 6. The fourth-order valence-corrected chi connectivity index (χ4v) is 2.47. The Kier molecular flexibility index (Phi) is 4.67. The summed E-state index contributed by atoms with van der Waals surface area (Å²) in [6, 6.07) is 12.3. The molecule has 2 aromatic rings. The van der Waals surface area contributed by atoms with E-state index >= 15 is 0 Å². The molecule has 0 heterocycles. The maximum absolute atomic E-state index is 9.90. The number of unbranched alkanes of at least 4 members (excludes halogenated alkanes) is 1. The van der Waals surface area contributed by atoms with Gasteiger partial charge in [-0.05, 0) is 25.0 Å². The first-order chi connectivity index (χ1) is 9.26. The Labute approximate surface area is 115 Å². The number of nitrogens with one attached hydrogen (secondary N) is 1. The molecule has 2 heteroatoms. The van der Waals surface area contributed by atoms with Crippen LogP contribution in [0, 0.1) is 0 Å². The lowest BCUT2D eigenvalue weighted by atomic mass is 10.0. The number of hydrogen-bond donors (Lipinski definition) is 2. The van der Waals surface area contributed by atoms with Crippen LogP contribution >= 0.6 is 0 Å². The first-order valence-corrected chi connectivity index (χ1v) is 7.23. The fourth-order valence-electron chi connectivity index (χ4n) is 2.47. The summed E-state index contributed by atoms with van der Waals surface area (Å²) in [4.78, 5) is 0. The van der Waals surface area contributed by atoms with Crippen LogP contribution in [0.15, 0.2) is 36.4 Å². The van der Waals surface area contributed by atoms with Crippen LogP contribution in [-0.4, -0.2) is 11.1 Å². The molecule has 0 bridgehead atoms. The van der Waals surface area contributed by atoms with Gasteiger partial charge in [0.2, 0.25) is 0 Å². The van der Waals surface area contributed by atoms with Gasteiger partial charge in [-0.1, -0.05) is 51.0 Å². The van der Waals surface area contributed by atoms with Crippen LogP contribution in [0.2, 0.25) is 0 Å². The zero-order chi connectivity index (χ0) is 13.7. The van der Waals surface area contributed by atoms with E-state index in [1.807, 2.05) is 18.2 Å². The van der Waals surface area contributed by atoms with Crippen molar-refractivity contribution >= 4 is 16.5 Å². The lowest BCUT2D eigenvalue weighted by Crippen LogP contribution is -2.18. The zero-order valence-electron chi connectivity index (χ0n) is 11.8. The maximum Gasteiger partial charge on any atom is 0.123 e. The summed E-state index contributed by atoms with van der Waals surface area (Å²) < 4.78 is 0. The standard InChI is InChI=1S/C17H23NO/c1-3-5-8-13(4-2)18-16-11-6-10-15-14(16)9-7-12-17(15)19/h6-7,9-13,18-19H,3-5,8H2,1-2H3. The number of benzene rings is 2. The molecule has 0 aromatic heterocycles. The molecule has 0 radical (unpaired) electrons. The third-order valence-electron chi connectivity index (χ3n) is 3.66. The number of phenols is 1. The summed E-state index contributed by atoms with van der Waals surface area (Å²) in [7, 11) is 0. The molecule has 2 nitrogen and oxygen atoms in total. The third kappa shape index (κ3) is 3.19. The van der Waals surface area contributed by atoms with Crippen molar-refractivity contribution in [2.24, 2.45) is 0 Å². The average Bonchev–Trinajstić information content (AvgIpc) is 2.44. The minimum Gasteiger partial charge on any atom is -0.507 e. The second kappa shape index (κ2) is 6.46. The highest BCUT2D eigenvalue weighted by Crippen LogP contribution is 2.30. The van der Waals surface area contributed by atoms with Crippen LogP contribution in [0.3, 0.4) is 0 Å². The van der Waals surface area contributed by atoms with Crippen LogP contribution in [0.5, 0.6) is 5.75 Å². The monoisotopic (exact) mass is 257 g/mol. The molecule has 0 saturated heterocycles. The molecule has 102 valence electrons. The highest BCUT2D eigenvalue weighted by molar-refractivity contribution is 5.97. The summed E-state index contributed by atoms with van der Waals surface area (Å²) in [6.07, 6.45) is 4.80. The molecule has 0 amide bonds. The van der Waals surface area contributed by atoms with Crippen molar-refractivity contribution in [3.05, 3.63) is 36.4 Å². The van der Waals surface area contributed by atoms with E-state index in [0.717, 1.165) is 22.9 Å². The molecule has 2 aromatic carbocycles. The Morgan fingerprint density at radius 1 is 1.05 bits per heavy atom. The highest BCUT2D eigenvalue weighted by Gasteiger charge is 2.09. The minimum atomic E-state index is 0.350. The van der Waals surface area contributed by atoms with Gasteiger partial charge in [0.15, 0.2) is 0 Å². The molecular weight excluding hydrogens is 234 g/mol. The molecule has 1 atom stereocenters. The van der Waals surface area contributed by atoms with Gasteiger partial charge < -0.3 is 10.4 Å². The number of anilines is 1. The SMILES string of the molecule is CCCCC(CC)Nc1cccc2c(O)cccc12. The van der Waals surface area contributed by atoms with Crippen molar-refractivity contribution in [3.63, 3.8) is 0 Å². The van der Waals surface area contributed by atoms with Gasteiger partial charge >= 0.3 is 0 Å².